The minimum absolute atomic E-state index is 0.125. The summed E-state index contributed by atoms with van der Waals surface area (Å²) in [6.07, 6.45) is 4.15. The topological polar surface area (TPSA) is 110 Å². The Balaban J connectivity index is 1.65. The first-order valence-electron chi connectivity index (χ1n) is 9.81. The number of fused-ring (bicyclic) bond motifs is 3. The van der Waals surface area contributed by atoms with E-state index in [0.717, 1.165) is 36.0 Å². The molecule has 4 rings (SSSR count). The number of methoxy groups -OCH3 is 1. The molecule has 30 heavy (non-hydrogen) atoms. The Morgan fingerprint density at radius 3 is 2.90 bits per heavy atom. The monoisotopic (exact) mass is 427 g/mol. The number of nitrogens with one attached hydrogen (secondary N) is 1. The molecule has 0 spiro atoms. The standard InChI is InChI=1S/C21H25N5O3S/c1-12-9-15(29-3)11-23-18(12)20(27)24-14-8-7-13-5-4-6-17-19(16(13)10-14)25-21(22)26(2)30(17)28/h7-11,17,19H,4-6H2,1-3H3,(H2,22,25)(H,24,27). The maximum atomic E-state index is 12.9. The van der Waals surface area contributed by atoms with Crippen molar-refractivity contribution < 1.29 is 13.7 Å². The number of pyridine rings is 1. The number of carbonyl (C=O) groups excluding carboxylic acids is 1. The zero-order valence-electron chi connectivity index (χ0n) is 17.2. The van der Waals surface area contributed by atoms with Gasteiger partial charge in [0.15, 0.2) is 0 Å². The number of benzene rings is 1. The molecule has 3 atom stereocenters. The van der Waals surface area contributed by atoms with Crippen molar-refractivity contribution in [3.05, 3.63) is 52.8 Å². The van der Waals surface area contributed by atoms with Gasteiger partial charge in [0.1, 0.15) is 22.4 Å². The Hall–Kier alpha value is -2.94. The average molecular weight is 428 g/mol. The van der Waals surface area contributed by atoms with Crippen molar-refractivity contribution in [1.29, 1.82) is 0 Å². The lowest BCUT2D eigenvalue weighted by Gasteiger charge is -2.33. The van der Waals surface area contributed by atoms with E-state index in [4.69, 9.17) is 10.5 Å². The molecule has 0 saturated carbocycles. The molecule has 8 nitrogen and oxygen atoms in total. The van der Waals surface area contributed by atoms with Gasteiger partial charge in [-0.25, -0.2) is 14.2 Å². The number of rotatable bonds is 3. The predicted molar refractivity (Wildman–Crippen MR) is 117 cm³/mol. The molecule has 0 radical (unpaired) electrons. The first-order chi connectivity index (χ1) is 14.4. The van der Waals surface area contributed by atoms with E-state index in [0.29, 0.717) is 17.1 Å². The third-order valence-electron chi connectivity index (χ3n) is 5.64. The number of guanidine groups is 1. The fourth-order valence-corrected chi connectivity index (χ4v) is 5.43. The lowest BCUT2D eigenvalue weighted by molar-refractivity contribution is 0.102. The highest BCUT2D eigenvalue weighted by Crippen LogP contribution is 2.38. The minimum atomic E-state index is -1.24. The number of nitrogens with two attached hydrogens (primary N) is 1. The van der Waals surface area contributed by atoms with Crippen molar-refractivity contribution in [2.24, 2.45) is 10.7 Å². The van der Waals surface area contributed by atoms with Crippen LogP contribution in [0.15, 0.2) is 35.5 Å². The number of ether oxygens (including phenoxy) is 1. The SMILES string of the molecule is COc1cnc(C(=O)Nc2ccc3c(c2)C2N=C(N)N(C)S(=O)C2CCC3)c(C)c1. The number of aryl methyl sites for hydroxylation is 2. The fourth-order valence-electron chi connectivity index (χ4n) is 4.00. The van der Waals surface area contributed by atoms with Crippen molar-refractivity contribution in [3.63, 3.8) is 0 Å². The van der Waals surface area contributed by atoms with Crippen molar-refractivity contribution in [3.8, 4) is 5.75 Å². The van der Waals surface area contributed by atoms with E-state index >= 15 is 0 Å². The van der Waals surface area contributed by atoms with Crippen LogP contribution >= 0.6 is 0 Å². The Labute approximate surface area is 178 Å². The molecular weight excluding hydrogens is 402 g/mol. The molecule has 2 heterocycles. The molecule has 3 N–H and O–H groups in total. The average Bonchev–Trinajstić information content (AvgIpc) is 2.91. The van der Waals surface area contributed by atoms with Gasteiger partial charge in [0.25, 0.3) is 5.91 Å². The maximum Gasteiger partial charge on any atom is 0.274 e. The second-order valence-electron chi connectivity index (χ2n) is 7.54. The number of amides is 1. The van der Waals surface area contributed by atoms with Crippen LogP contribution in [-0.2, 0) is 17.4 Å². The fraction of sp³-hybridized carbons (Fsp3) is 0.381. The zero-order chi connectivity index (χ0) is 21.4. The van der Waals surface area contributed by atoms with Gasteiger partial charge in [0, 0.05) is 12.7 Å². The van der Waals surface area contributed by atoms with Crippen LogP contribution in [0.3, 0.4) is 0 Å². The maximum absolute atomic E-state index is 12.9. The number of hydrogen-bond donors (Lipinski definition) is 2. The van der Waals surface area contributed by atoms with Crippen molar-refractivity contribution in [1.82, 2.24) is 9.29 Å². The van der Waals surface area contributed by atoms with Gasteiger partial charge in [0.05, 0.1) is 24.6 Å². The van der Waals surface area contributed by atoms with Gasteiger partial charge in [0.2, 0.25) is 5.96 Å². The molecule has 1 aromatic carbocycles. The quantitative estimate of drug-likeness (QED) is 0.781. The number of nitrogens with zero attached hydrogens (tertiary/aromatic N) is 3. The molecule has 2 aromatic rings. The molecule has 0 saturated heterocycles. The van der Waals surface area contributed by atoms with Gasteiger partial charge >= 0.3 is 0 Å². The Morgan fingerprint density at radius 2 is 2.17 bits per heavy atom. The van der Waals surface area contributed by atoms with Crippen LogP contribution < -0.4 is 15.8 Å². The minimum Gasteiger partial charge on any atom is -0.495 e. The van der Waals surface area contributed by atoms with E-state index in [9.17, 15) is 9.00 Å². The van der Waals surface area contributed by atoms with Crippen molar-refractivity contribution >= 4 is 28.5 Å². The number of anilines is 1. The number of aliphatic imine (C=N–C) groups is 1. The molecule has 158 valence electrons. The number of carbonyl (C=O) groups is 1. The molecule has 0 bridgehead atoms. The number of aromatic nitrogens is 1. The van der Waals surface area contributed by atoms with E-state index in [1.807, 2.05) is 25.1 Å². The van der Waals surface area contributed by atoms with Crippen LogP contribution in [0, 0.1) is 6.92 Å². The molecule has 1 aromatic heterocycles. The van der Waals surface area contributed by atoms with Crippen LogP contribution in [-0.4, -0.2) is 44.8 Å². The summed E-state index contributed by atoms with van der Waals surface area (Å²) in [5.74, 6) is 0.580. The van der Waals surface area contributed by atoms with Gasteiger partial charge in [-0.1, -0.05) is 6.07 Å². The second kappa shape index (κ2) is 8.06. The highest BCUT2D eigenvalue weighted by atomic mass is 32.2. The Kier molecular flexibility index (Phi) is 5.46. The van der Waals surface area contributed by atoms with Gasteiger partial charge < -0.3 is 15.8 Å². The molecule has 3 unspecified atom stereocenters. The van der Waals surface area contributed by atoms with Crippen LogP contribution in [0.4, 0.5) is 5.69 Å². The first-order valence-corrected chi connectivity index (χ1v) is 11.0. The molecule has 1 amide bonds. The van der Waals surface area contributed by atoms with E-state index in [1.54, 1.807) is 20.2 Å². The van der Waals surface area contributed by atoms with Gasteiger partial charge in [-0.05, 0) is 61.1 Å². The van der Waals surface area contributed by atoms with E-state index in [2.05, 4.69) is 15.3 Å². The highest BCUT2D eigenvalue weighted by Gasteiger charge is 2.38. The molecule has 0 fully saturated rings. The largest absolute Gasteiger partial charge is 0.495 e. The summed E-state index contributed by atoms with van der Waals surface area (Å²) in [6, 6.07) is 7.31. The van der Waals surface area contributed by atoms with E-state index in [1.165, 1.54) is 10.5 Å². The number of hydrogen-bond acceptors (Lipinski definition) is 6. The van der Waals surface area contributed by atoms with Gasteiger partial charge in [-0.15, -0.1) is 0 Å². The van der Waals surface area contributed by atoms with Gasteiger partial charge in [-0.2, -0.15) is 0 Å². The van der Waals surface area contributed by atoms with Crippen LogP contribution in [0.25, 0.3) is 0 Å². The lowest BCUT2D eigenvalue weighted by atomic mass is 9.98. The smallest absolute Gasteiger partial charge is 0.274 e. The summed E-state index contributed by atoms with van der Waals surface area (Å²) in [5, 5.41) is 2.80. The van der Waals surface area contributed by atoms with Crippen LogP contribution in [0.5, 0.6) is 5.75 Å². The summed E-state index contributed by atoms with van der Waals surface area (Å²) >= 11 is 0. The predicted octanol–water partition coefficient (Wildman–Crippen LogP) is 2.32. The summed E-state index contributed by atoms with van der Waals surface area (Å²) in [5.41, 5.74) is 9.85. The van der Waals surface area contributed by atoms with E-state index < -0.39 is 11.0 Å². The van der Waals surface area contributed by atoms with E-state index in [-0.39, 0.29) is 23.2 Å². The molecule has 1 aliphatic carbocycles. The van der Waals surface area contributed by atoms with Crippen LogP contribution in [0.2, 0.25) is 0 Å². The Morgan fingerprint density at radius 1 is 1.37 bits per heavy atom. The molecule has 9 heteroatoms. The Bertz CT molecular complexity index is 1050. The molecule has 2 aliphatic rings. The van der Waals surface area contributed by atoms with Crippen molar-refractivity contribution in [2.45, 2.75) is 37.5 Å². The normalized spacial score (nSPS) is 23.0. The zero-order valence-corrected chi connectivity index (χ0v) is 18.0. The second-order valence-corrected chi connectivity index (χ2v) is 9.25. The summed E-state index contributed by atoms with van der Waals surface area (Å²) < 4.78 is 19.5. The summed E-state index contributed by atoms with van der Waals surface area (Å²) in [7, 11) is 2.03. The third kappa shape index (κ3) is 3.65. The lowest BCUT2D eigenvalue weighted by Crippen LogP contribution is -2.46. The third-order valence-corrected chi connectivity index (χ3v) is 7.37. The summed E-state index contributed by atoms with van der Waals surface area (Å²) in [4.78, 5) is 21.6. The van der Waals surface area contributed by atoms with Crippen LogP contribution in [0.1, 0.15) is 46.1 Å². The van der Waals surface area contributed by atoms with Gasteiger partial charge in [-0.3, -0.25) is 9.10 Å². The highest BCUT2D eigenvalue weighted by molar-refractivity contribution is 7.84. The molecular formula is C21H25N5O3S. The molecule has 1 aliphatic heterocycles. The first kappa shape index (κ1) is 20.3. The summed E-state index contributed by atoms with van der Waals surface area (Å²) in [6.45, 7) is 1.82. The van der Waals surface area contributed by atoms with Crippen molar-refractivity contribution in [2.75, 3.05) is 19.5 Å².